The SMILES string of the molecule is c1ccc(C2NC(c3ccc4c(c3)sc3cc(-c5ccc6ccccc6c5)ccc34)NC(c3ccc4sc5ccccc5c4c3)N2)cc1. The fourth-order valence-corrected chi connectivity index (χ4v) is 9.59. The predicted molar refractivity (Wildman–Crippen MR) is 206 cm³/mol. The average Bonchev–Trinajstić information content (AvgIpc) is 3.72. The van der Waals surface area contributed by atoms with E-state index >= 15 is 0 Å². The molecule has 0 bridgehead atoms. The van der Waals surface area contributed by atoms with Gasteiger partial charge in [0, 0.05) is 40.3 Å². The molecule has 0 saturated carbocycles. The van der Waals surface area contributed by atoms with Crippen LogP contribution in [0.4, 0.5) is 0 Å². The lowest BCUT2D eigenvalue weighted by Crippen LogP contribution is -2.54. The van der Waals surface area contributed by atoms with Crippen LogP contribution in [0.15, 0.2) is 152 Å². The van der Waals surface area contributed by atoms with Gasteiger partial charge >= 0.3 is 0 Å². The number of fused-ring (bicyclic) bond motifs is 7. The van der Waals surface area contributed by atoms with E-state index in [1.165, 1.54) is 78.9 Å². The van der Waals surface area contributed by atoms with Crippen LogP contribution in [-0.4, -0.2) is 0 Å². The largest absolute Gasteiger partial charge is 0.279 e. The summed E-state index contributed by atoms with van der Waals surface area (Å²) in [6.45, 7) is 0. The lowest BCUT2D eigenvalue weighted by atomic mass is 10.00. The van der Waals surface area contributed by atoms with Gasteiger partial charge in [0.15, 0.2) is 0 Å². The zero-order valence-corrected chi connectivity index (χ0v) is 27.6. The lowest BCUT2D eigenvalue weighted by molar-refractivity contribution is 0.203. The molecule has 3 atom stereocenters. The first-order chi connectivity index (χ1) is 23.7. The predicted octanol–water partition coefficient (Wildman–Crippen LogP) is 11.4. The molecule has 5 heteroatoms. The molecule has 9 aromatic rings. The molecular weight excluding hydrogens is 623 g/mol. The second-order valence-electron chi connectivity index (χ2n) is 12.7. The highest BCUT2D eigenvalue weighted by atomic mass is 32.1. The summed E-state index contributed by atoms with van der Waals surface area (Å²) in [5.74, 6) is 0. The highest BCUT2D eigenvalue weighted by molar-refractivity contribution is 7.26. The van der Waals surface area contributed by atoms with Gasteiger partial charge < -0.3 is 0 Å². The van der Waals surface area contributed by atoms with E-state index in [-0.39, 0.29) is 18.5 Å². The van der Waals surface area contributed by atoms with Crippen molar-refractivity contribution in [1.29, 1.82) is 0 Å². The molecule has 3 heterocycles. The summed E-state index contributed by atoms with van der Waals surface area (Å²) in [7, 11) is 0. The van der Waals surface area contributed by atoms with Crippen LogP contribution in [0.2, 0.25) is 0 Å². The van der Waals surface area contributed by atoms with Crippen LogP contribution in [0.1, 0.15) is 35.2 Å². The maximum Gasteiger partial charge on any atom is 0.0865 e. The van der Waals surface area contributed by atoms with E-state index in [0.717, 1.165) is 0 Å². The molecule has 3 N–H and O–H groups in total. The summed E-state index contributed by atoms with van der Waals surface area (Å²) in [5.41, 5.74) is 6.20. The van der Waals surface area contributed by atoms with E-state index in [2.05, 4.69) is 168 Å². The molecule has 0 amide bonds. The third-order valence-electron chi connectivity index (χ3n) is 9.78. The Bertz CT molecular complexity index is 2640. The minimum absolute atomic E-state index is 0.0139. The maximum absolute atomic E-state index is 3.92. The zero-order chi connectivity index (χ0) is 31.6. The van der Waals surface area contributed by atoms with Gasteiger partial charge in [0.1, 0.15) is 0 Å². The summed E-state index contributed by atoms with van der Waals surface area (Å²) in [5, 5.41) is 19.5. The Kier molecular flexibility index (Phi) is 6.67. The third kappa shape index (κ3) is 4.83. The molecular formula is C43H31N3S2. The van der Waals surface area contributed by atoms with E-state index in [4.69, 9.17) is 0 Å². The number of rotatable bonds is 4. The van der Waals surface area contributed by atoms with E-state index in [0.29, 0.717) is 0 Å². The molecule has 230 valence electrons. The Hall–Kier alpha value is -4.88. The highest BCUT2D eigenvalue weighted by Gasteiger charge is 2.30. The van der Waals surface area contributed by atoms with E-state index < -0.39 is 0 Å². The van der Waals surface area contributed by atoms with Crippen LogP contribution >= 0.6 is 22.7 Å². The van der Waals surface area contributed by atoms with Crippen LogP contribution < -0.4 is 16.0 Å². The first kappa shape index (κ1) is 28.2. The maximum atomic E-state index is 3.92. The van der Waals surface area contributed by atoms with E-state index in [1.54, 1.807) is 0 Å². The van der Waals surface area contributed by atoms with Crippen molar-refractivity contribution in [3.63, 3.8) is 0 Å². The van der Waals surface area contributed by atoms with Gasteiger partial charge in [-0.1, -0.05) is 115 Å². The van der Waals surface area contributed by atoms with Crippen LogP contribution in [0.3, 0.4) is 0 Å². The van der Waals surface area contributed by atoms with E-state index in [1.807, 2.05) is 22.7 Å². The summed E-state index contributed by atoms with van der Waals surface area (Å²) in [6.07, 6.45) is -0.0914. The van der Waals surface area contributed by atoms with Gasteiger partial charge in [0.2, 0.25) is 0 Å². The lowest BCUT2D eigenvalue weighted by Gasteiger charge is -2.39. The smallest absolute Gasteiger partial charge is 0.0865 e. The van der Waals surface area contributed by atoms with Crippen molar-refractivity contribution in [2.24, 2.45) is 0 Å². The van der Waals surface area contributed by atoms with Gasteiger partial charge in [-0.2, -0.15) is 0 Å². The van der Waals surface area contributed by atoms with Crippen molar-refractivity contribution >= 4 is 73.8 Å². The monoisotopic (exact) mass is 653 g/mol. The van der Waals surface area contributed by atoms with Crippen LogP contribution in [0.5, 0.6) is 0 Å². The number of hydrogen-bond donors (Lipinski definition) is 3. The van der Waals surface area contributed by atoms with Crippen LogP contribution in [0.25, 0.3) is 62.2 Å². The summed E-state index contributed by atoms with van der Waals surface area (Å²) < 4.78 is 5.27. The third-order valence-corrected chi connectivity index (χ3v) is 12.0. The standard InChI is InChI=1S/C43H31N3S2/c1-2-9-27(10-3-1)41-44-42(31-18-21-38-36(23-31)33-12-6-7-13-37(33)47-38)46-43(45-41)32-17-20-35-34-19-16-30(24-39(34)48-40(35)25-32)29-15-14-26-8-4-5-11-28(26)22-29/h1-25,41-46H. The minimum Gasteiger partial charge on any atom is -0.279 e. The van der Waals surface area contributed by atoms with Gasteiger partial charge in [0.25, 0.3) is 0 Å². The second-order valence-corrected chi connectivity index (χ2v) is 14.9. The topological polar surface area (TPSA) is 36.1 Å². The molecule has 0 spiro atoms. The first-order valence-corrected chi connectivity index (χ1v) is 18.1. The molecule has 0 aliphatic carbocycles. The number of nitrogens with one attached hydrogen (secondary N) is 3. The number of thiophene rings is 2. The van der Waals surface area contributed by atoms with Crippen molar-refractivity contribution in [2.75, 3.05) is 0 Å². The minimum atomic E-state index is -0.0425. The van der Waals surface area contributed by atoms with Crippen LogP contribution in [0, 0.1) is 0 Å². The second kappa shape index (κ2) is 11.4. The molecule has 1 aliphatic rings. The normalized spacial score (nSPS) is 18.4. The fraction of sp³-hybridized carbons (Fsp3) is 0.0698. The molecule has 0 radical (unpaired) electrons. The Labute approximate surface area is 286 Å². The summed E-state index contributed by atoms with van der Waals surface area (Å²) >= 11 is 3.74. The molecule has 3 nitrogen and oxygen atoms in total. The Morgan fingerprint density at radius 2 is 0.896 bits per heavy atom. The highest BCUT2D eigenvalue weighted by Crippen LogP contribution is 2.40. The van der Waals surface area contributed by atoms with Gasteiger partial charge in [-0.25, -0.2) is 0 Å². The number of hydrogen-bond acceptors (Lipinski definition) is 5. The quantitative estimate of drug-likeness (QED) is 0.177. The molecule has 1 saturated heterocycles. The molecule has 2 aromatic heterocycles. The Morgan fingerprint density at radius 3 is 1.75 bits per heavy atom. The van der Waals surface area contributed by atoms with Crippen molar-refractivity contribution in [2.45, 2.75) is 18.5 Å². The fourth-order valence-electron chi connectivity index (χ4n) is 7.31. The Balaban J connectivity index is 1.02. The number of benzene rings is 7. The van der Waals surface area contributed by atoms with Gasteiger partial charge in [-0.15, -0.1) is 22.7 Å². The van der Waals surface area contributed by atoms with E-state index in [9.17, 15) is 0 Å². The average molecular weight is 654 g/mol. The summed E-state index contributed by atoms with van der Waals surface area (Å²) in [6, 6.07) is 55.6. The molecule has 7 aromatic carbocycles. The van der Waals surface area contributed by atoms with Gasteiger partial charge in [-0.05, 0) is 75.0 Å². The molecule has 1 aliphatic heterocycles. The van der Waals surface area contributed by atoms with Gasteiger partial charge in [-0.3, -0.25) is 16.0 Å². The summed E-state index contributed by atoms with van der Waals surface area (Å²) in [4.78, 5) is 0. The van der Waals surface area contributed by atoms with Gasteiger partial charge in [0.05, 0.1) is 18.5 Å². The molecule has 1 fully saturated rings. The Morgan fingerprint density at radius 1 is 0.333 bits per heavy atom. The van der Waals surface area contributed by atoms with Crippen molar-refractivity contribution in [1.82, 2.24) is 16.0 Å². The molecule has 10 rings (SSSR count). The molecule has 48 heavy (non-hydrogen) atoms. The van der Waals surface area contributed by atoms with Crippen molar-refractivity contribution in [3.05, 3.63) is 168 Å². The van der Waals surface area contributed by atoms with Crippen molar-refractivity contribution < 1.29 is 0 Å². The molecule has 3 unspecified atom stereocenters. The first-order valence-electron chi connectivity index (χ1n) is 16.4. The van der Waals surface area contributed by atoms with Crippen molar-refractivity contribution in [3.8, 4) is 11.1 Å². The zero-order valence-electron chi connectivity index (χ0n) is 26.0. The van der Waals surface area contributed by atoms with Crippen LogP contribution in [-0.2, 0) is 0 Å².